The molecule has 0 bridgehead atoms. The van der Waals surface area contributed by atoms with Gasteiger partial charge in [-0.25, -0.2) is 14.6 Å². The van der Waals surface area contributed by atoms with Gasteiger partial charge in [0.25, 0.3) is 0 Å². The van der Waals surface area contributed by atoms with E-state index in [-0.39, 0.29) is 52.9 Å². The summed E-state index contributed by atoms with van der Waals surface area (Å²) in [4.78, 5) is 42.3. The normalized spacial score (nSPS) is 16.1. The van der Waals surface area contributed by atoms with Gasteiger partial charge >= 0.3 is 12.2 Å². The Labute approximate surface area is 241 Å². The second-order valence-electron chi connectivity index (χ2n) is 8.10. The molecule has 1 aliphatic rings. The summed E-state index contributed by atoms with van der Waals surface area (Å²) in [7, 11) is 1.52. The molecule has 1 aromatic heterocycles. The summed E-state index contributed by atoms with van der Waals surface area (Å²) in [6.45, 7) is 0.120. The number of hydrogen-bond acceptors (Lipinski definition) is 5. The van der Waals surface area contributed by atoms with Gasteiger partial charge in [0, 0.05) is 43.5 Å². The van der Waals surface area contributed by atoms with Crippen molar-refractivity contribution in [1.29, 1.82) is 0 Å². The number of benzene rings is 1. The third kappa shape index (κ3) is 7.37. The molecule has 2 heterocycles. The zero-order valence-corrected chi connectivity index (χ0v) is 23.5. The average Bonchev–Trinajstić information content (AvgIpc) is 3.14. The molecule has 0 spiro atoms. The summed E-state index contributed by atoms with van der Waals surface area (Å²) in [6.07, 6.45) is -3.26. The summed E-state index contributed by atoms with van der Waals surface area (Å²) < 4.78 is 1.41. The lowest BCUT2D eigenvalue weighted by atomic mass is 9.98. The molecular weight excluding hydrogens is 615 g/mol. The van der Waals surface area contributed by atoms with Crippen molar-refractivity contribution in [2.45, 2.75) is 32.8 Å². The molecule has 1 saturated heterocycles. The lowest BCUT2D eigenvalue weighted by Gasteiger charge is -2.29. The molecule has 0 radical (unpaired) electrons. The van der Waals surface area contributed by atoms with Crippen molar-refractivity contribution in [3.8, 4) is 5.75 Å². The van der Waals surface area contributed by atoms with E-state index in [1.54, 1.807) is 18.2 Å². The van der Waals surface area contributed by atoms with E-state index < -0.39 is 32.0 Å². The molecule has 9 nitrogen and oxygen atoms in total. The number of anilines is 2. The highest BCUT2D eigenvalue weighted by molar-refractivity contribution is 6.68. The molecule has 3 rings (SSSR count). The number of carbonyl (C=O) groups is 3. The van der Waals surface area contributed by atoms with Gasteiger partial charge in [-0.15, -0.1) is 0 Å². The number of imide groups is 1. The molecule has 15 heteroatoms. The van der Waals surface area contributed by atoms with Gasteiger partial charge in [-0.3, -0.25) is 4.79 Å². The van der Waals surface area contributed by atoms with Crippen LogP contribution >= 0.6 is 69.6 Å². The Morgan fingerprint density at radius 3 is 2.27 bits per heavy atom. The minimum Gasteiger partial charge on any atom is -0.497 e. The number of halogens is 6. The lowest BCUT2D eigenvalue weighted by molar-refractivity contribution is -0.117. The minimum atomic E-state index is -2.03. The lowest BCUT2D eigenvalue weighted by Crippen LogP contribution is -2.37. The Bertz CT molecular complexity index is 1200. The van der Waals surface area contributed by atoms with E-state index in [9.17, 15) is 24.6 Å². The number of carbonyl (C=O) groups excluding carboxylic acids is 1. The molecule has 1 aromatic carbocycles. The van der Waals surface area contributed by atoms with Gasteiger partial charge in [0.2, 0.25) is 5.91 Å². The van der Waals surface area contributed by atoms with Crippen LogP contribution in [0.4, 0.5) is 21.1 Å². The van der Waals surface area contributed by atoms with E-state index >= 15 is 0 Å². The van der Waals surface area contributed by atoms with Crippen molar-refractivity contribution in [3.63, 3.8) is 0 Å². The fourth-order valence-electron chi connectivity index (χ4n) is 4.12. The summed E-state index contributed by atoms with van der Waals surface area (Å²) in [5.41, 5.74) is 0.957. The maximum absolute atomic E-state index is 13.3. The van der Waals surface area contributed by atoms with Crippen molar-refractivity contribution < 1.29 is 29.3 Å². The third-order valence-electron chi connectivity index (χ3n) is 5.53. The van der Waals surface area contributed by atoms with Crippen LogP contribution in [0.1, 0.15) is 29.0 Å². The largest absolute Gasteiger partial charge is 0.497 e. The second kappa shape index (κ2) is 11.5. The SMILES string of the molecule is COc1cccc(C2CC(=O)N(c3c(CC(Cl)(Cl)Cl)cnc(N(C(=O)O)C(=O)O)c3CC(Cl)(Cl)Cl)C2)c1. The van der Waals surface area contributed by atoms with Crippen LogP contribution < -0.4 is 14.5 Å². The molecular formula is C22H19Cl6N3O6. The number of ether oxygens (including phenoxy) is 1. The highest BCUT2D eigenvalue weighted by Gasteiger charge is 2.40. The zero-order valence-electron chi connectivity index (χ0n) is 18.9. The number of amides is 3. The van der Waals surface area contributed by atoms with Crippen LogP contribution in [0.15, 0.2) is 30.5 Å². The molecule has 1 atom stereocenters. The molecule has 1 aliphatic heterocycles. The van der Waals surface area contributed by atoms with Crippen LogP contribution in [0.3, 0.4) is 0 Å². The molecule has 3 amide bonds. The number of nitrogens with zero attached hydrogens (tertiary/aromatic N) is 3. The van der Waals surface area contributed by atoms with E-state index in [2.05, 4.69) is 4.98 Å². The van der Waals surface area contributed by atoms with Gasteiger partial charge in [-0.1, -0.05) is 81.7 Å². The molecule has 37 heavy (non-hydrogen) atoms. The number of hydrogen-bond donors (Lipinski definition) is 2. The first-order chi connectivity index (χ1) is 17.1. The fraction of sp³-hybridized carbons (Fsp3) is 0.364. The number of alkyl halides is 6. The summed E-state index contributed by atoms with van der Waals surface area (Å²) in [6, 6.07) is 7.17. The Balaban J connectivity index is 2.24. The Morgan fingerprint density at radius 1 is 1.11 bits per heavy atom. The molecule has 2 aromatic rings. The van der Waals surface area contributed by atoms with Crippen molar-refractivity contribution in [2.24, 2.45) is 0 Å². The van der Waals surface area contributed by atoms with E-state index in [1.807, 2.05) is 6.07 Å². The first-order valence-corrected chi connectivity index (χ1v) is 12.7. The number of rotatable bonds is 6. The molecule has 0 saturated carbocycles. The van der Waals surface area contributed by atoms with Crippen LogP contribution in [0, 0.1) is 0 Å². The van der Waals surface area contributed by atoms with Crippen molar-refractivity contribution >= 4 is 99.2 Å². The molecule has 0 aliphatic carbocycles. The zero-order chi connectivity index (χ0) is 27.7. The second-order valence-corrected chi connectivity index (χ2v) is 13.1. The first-order valence-electron chi connectivity index (χ1n) is 10.5. The van der Waals surface area contributed by atoms with Gasteiger partial charge in [0.1, 0.15) is 5.75 Å². The third-order valence-corrected chi connectivity index (χ3v) is 6.33. The van der Waals surface area contributed by atoms with Gasteiger partial charge in [0.05, 0.1) is 12.8 Å². The first kappa shape index (κ1) is 29.7. The highest BCUT2D eigenvalue weighted by atomic mass is 35.6. The predicted octanol–water partition coefficient (Wildman–Crippen LogP) is 6.60. The standard InChI is InChI=1S/C22H19Cl6N3O6/c1-37-14-4-2-3-11(5-14)12-6-16(32)30(10-12)17-13(7-21(23,24)25)9-29-18(15(17)8-22(26,27)28)31(19(33)34)20(35)36/h2-5,9,12H,6-8,10H2,1H3,(H,33,34)(H,35,36). The topological polar surface area (TPSA) is 120 Å². The molecule has 1 fully saturated rings. The quantitative estimate of drug-likeness (QED) is 0.344. The monoisotopic (exact) mass is 631 g/mol. The van der Waals surface area contributed by atoms with Crippen LogP contribution in [-0.4, -0.2) is 54.5 Å². The number of methoxy groups -OCH3 is 1. The highest BCUT2D eigenvalue weighted by Crippen LogP contribution is 2.45. The van der Waals surface area contributed by atoms with Gasteiger partial charge in [-0.2, -0.15) is 4.90 Å². The number of pyridine rings is 1. The summed E-state index contributed by atoms with van der Waals surface area (Å²) >= 11 is 36.3. The fourth-order valence-corrected chi connectivity index (χ4v) is 4.95. The predicted molar refractivity (Wildman–Crippen MR) is 143 cm³/mol. The molecule has 200 valence electrons. The number of aromatic nitrogens is 1. The Hall–Kier alpha value is -1.88. The van der Waals surface area contributed by atoms with E-state index in [0.717, 1.165) is 11.8 Å². The number of carboxylic acid groups (broad SMARTS) is 2. The molecule has 2 N–H and O–H groups in total. The Kier molecular flexibility index (Phi) is 9.20. The van der Waals surface area contributed by atoms with Crippen molar-refractivity contribution in [3.05, 3.63) is 47.2 Å². The van der Waals surface area contributed by atoms with Crippen LogP contribution in [0.5, 0.6) is 5.75 Å². The van der Waals surface area contributed by atoms with Crippen LogP contribution in [0.2, 0.25) is 0 Å². The van der Waals surface area contributed by atoms with E-state index in [4.69, 9.17) is 74.3 Å². The Morgan fingerprint density at radius 2 is 1.73 bits per heavy atom. The van der Waals surface area contributed by atoms with Gasteiger partial charge in [0.15, 0.2) is 13.4 Å². The van der Waals surface area contributed by atoms with Gasteiger partial charge < -0.3 is 19.8 Å². The van der Waals surface area contributed by atoms with Crippen molar-refractivity contribution in [1.82, 2.24) is 4.98 Å². The van der Waals surface area contributed by atoms with Crippen LogP contribution in [0.25, 0.3) is 0 Å². The van der Waals surface area contributed by atoms with Crippen LogP contribution in [-0.2, 0) is 17.6 Å². The maximum Gasteiger partial charge on any atom is 0.422 e. The average molecular weight is 634 g/mol. The van der Waals surface area contributed by atoms with Gasteiger partial charge in [-0.05, 0) is 23.3 Å². The van der Waals surface area contributed by atoms with Crippen molar-refractivity contribution in [2.75, 3.05) is 23.5 Å². The minimum absolute atomic E-state index is 0.0333. The smallest absolute Gasteiger partial charge is 0.422 e. The molecule has 1 unspecified atom stereocenters. The summed E-state index contributed by atoms with van der Waals surface area (Å²) in [5, 5.41) is 19.1. The van der Waals surface area contributed by atoms with E-state index in [0.29, 0.717) is 5.75 Å². The maximum atomic E-state index is 13.3. The van der Waals surface area contributed by atoms with E-state index in [1.165, 1.54) is 12.0 Å². The summed E-state index contributed by atoms with van der Waals surface area (Å²) in [5.74, 6) is -0.622.